The summed E-state index contributed by atoms with van der Waals surface area (Å²) in [4.78, 5) is 27.8. The average molecular weight is 421 g/mol. The van der Waals surface area contributed by atoms with E-state index < -0.39 is 28.6 Å². The molecule has 2 saturated heterocycles. The van der Waals surface area contributed by atoms with Crippen molar-refractivity contribution in [1.82, 2.24) is 9.47 Å². The molecule has 9 heteroatoms. The lowest BCUT2D eigenvalue weighted by molar-refractivity contribution is 0.0198. The summed E-state index contributed by atoms with van der Waals surface area (Å²) in [5.41, 5.74) is -1.67. The summed E-state index contributed by atoms with van der Waals surface area (Å²) in [5, 5.41) is 9.00. The molecule has 0 aliphatic carbocycles. The van der Waals surface area contributed by atoms with Crippen LogP contribution in [0.15, 0.2) is 17.1 Å². The fraction of sp³-hybridized carbons (Fsp3) is 0.524. The van der Waals surface area contributed by atoms with Gasteiger partial charge in [-0.05, 0) is 38.9 Å². The fourth-order valence-corrected chi connectivity index (χ4v) is 4.45. The zero-order chi connectivity index (χ0) is 21.4. The van der Waals surface area contributed by atoms with Crippen LogP contribution in [-0.2, 0) is 11.3 Å². The number of morpholine rings is 1. The summed E-state index contributed by atoms with van der Waals surface area (Å²) in [7, 11) is 0. The first-order valence-corrected chi connectivity index (χ1v) is 10.3. The largest absolute Gasteiger partial charge is 0.477 e. The zero-order valence-corrected chi connectivity index (χ0v) is 16.9. The second-order valence-corrected chi connectivity index (χ2v) is 7.83. The second kappa shape index (κ2) is 8.31. The standard InChI is InChI=1S/C21H25F2N3O4/c1-2-25-12-15(21(28)29)20(27)14-9-16(22)19(17(23)18(14)25)26-7-8-30-13(11-26)10-24-5-3-4-6-24/h9,12-13H,2-8,10-11H2,1H3,(H,28,29). The first-order valence-electron chi connectivity index (χ1n) is 10.3. The molecular weight excluding hydrogens is 396 g/mol. The molecule has 1 aromatic carbocycles. The van der Waals surface area contributed by atoms with Crippen molar-refractivity contribution >= 4 is 22.6 Å². The average Bonchev–Trinajstić information content (AvgIpc) is 3.22. The summed E-state index contributed by atoms with van der Waals surface area (Å²) in [6.45, 7) is 5.71. The lowest BCUT2D eigenvalue weighted by Crippen LogP contribution is -2.47. The third-order valence-corrected chi connectivity index (χ3v) is 5.92. The van der Waals surface area contributed by atoms with Gasteiger partial charge in [-0.3, -0.25) is 4.79 Å². The van der Waals surface area contributed by atoms with Crippen molar-refractivity contribution in [2.24, 2.45) is 0 Å². The maximum Gasteiger partial charge on any atom is 0.341 e. The van der Waals surface area contributed by atoms with E-state index >= 15 is 8.78 Å². The number of nitrogens with zero attached hydrogens (tertiary/aromatic N) is 3. The van der Waals surface area contributed by atoms with E-state index in [1.807, 2.05) is 0 Å². The molecule has 30 heavy (non-hydrogen) atoms. The van der Waals surface area contributed by atoms with Crippen molar-refractivity contribution in [2.75, 3.05) is 44.2 Å². The number of carboxylic acid groups (broad SMARTS) is 1. The topological polar surface area (TPSA) is 75.0 Å². The van der Waals surface area contributed by atoms with Crippen LogP contribution in [0.4, 0.5) is 14.5 Å². The number of ether oxygens (including phenoxy) is 1. The normalized spacial score (nSPS) is 20.2. The summed E-state index contributed by atoms with van der Waals surface area (Å²) in [6.07, 6.45) is 3.26. The van der Waals surface area contributed by atoms with Crippen molar-refractivity contribution in [3.8, 4) is 0 Å². The number of likely N-dealkylation sites (tertiary alicyclic amines) is 1. The molecule has 2 aliphatic rings. The second-order valence-electron chi connectivity index (χ2n) is 7.83. The van der Waals surface area contributed by atoms with Gasteiger partial charge in [0.2, 0.25) is 5.43 Å². The van der Waals surface area contributed by atoms with Gasteiger partial charge < -0.3 is 24.2 Å². The van der Waals surface area contributed by atoms with E-state index in [1.54, 1.807) is 11.8 Å². The monoisotopic (exact) mass is 421 g/mol. The Morgan fingerprint density at radius 3 is 2.67 bits per heavy atom. The van der Waals surface area contributed by atoms with Crippen molar-refractivity contribution < 1.29 is 23.4 Å². The highest BCUT2D eigenvalue weighted by atomic mass is 19.1. The molecule has 0 saturated carbocycles. The van der Waals surface area contributed by atoms with E-state index in [1.165, 1.54) is 4.57 Å². The highest BCUT2D eigenvalue weighted by Gasteiger charge is 2.29. The van der Waals surface area contributed by atoms with Crippen LogP contribution in [-0.4, -0.2) is 66.0 Å². The van der Waals surface area contributed by atoms with Crippen LogP contribution in [0.2, 0.25) is 0 Å². The van der Waals surface area contributed by atoms with Crippen molar-refractivity contribution in [3.05, 3.63) is 39.7 Å². The van der Waals surface area contributed by atoms with E-state index in [0.29, 0.717) is 19.7 Å². The van der Waals surface area contributed by atoms with Gasteiger partial charge in [-0.2, -0.15) is 0 Å². The van der Waals surface area contributed by atoms with Crippen molar-refractivity contribution in [1.29, 1.82) is 0 Å². The molecule has 1 unspecified atom stereocenters. The van der Waals surface area contributed by atoms with Gasteiger partial charge in [-0.25, -0.2) is 13.6 Å². The molecule has 2 aliphatic heterocycles. The summed E-state index contributed by atoms with van der Waals surface area (Å²) in [6, 6.07) is 0.958. The van der Waals surface area contributed by atoms with Gasteiger partial charge in [-0.15, -0.1) is 0 Å². The van der Waals surface area contributed by atoms with E-state index in [9.17, 15) is 14.7 Å². The highest BCUT2D eigenvalue weighted by Crippen LogP contribution is 2.31. The third-order valence-electron chi connectivity index (χ3n) is 5.92. The maximum absolute atomic E-state index is 15.6. The zero-order valence-electron chi connectivity index (χ0n) is 16.9. The van der Waals surface area contributed by atoms with Gasteiger partial charge >= 0.3 is 5.97 Å². The minimum atomic E-state index is -1.42. The number of hydrogen-bond acceptors (Lipinski definition) is 5. The molecule has 1 atom stereocenters. The molecule has 0 radical (unpaired) electrons. The van der Waals surface area contributed by atoms with Gasteiger partial charge in [0.05, 0.1) is 23.6 Å². The Kier molecular flexibility index (Phi) is 5.75. The molecule has 0 bridgehead atoms. The van der Waals surface area contributed by atoms with E-state index in [4.69, 9.17) is 4.74 Å². The molecule has 2 aromatic rings. The summed E-state index contributed by atoms with van der Waals surface area (Å²) in [5.74, 6) is -3.14. The predicted octanol–water partition coefficient (Wildman–Crippen LogP) is 2.30. The van der Waals surface area contributed by atoms with Gasteiger partial charge in [-0.1, -0.05) is 0 Å². The Morgan fingerprint density at radius 1 is 1.27 bits per heavy atom. The molecule has 0 amide bonds. The number of rotatable bonds is 5. The number of benzene rings is 1. The Hall–Kier alpha value is -2.52. The Balaban J connectivity index is 1.74. The van der Waals surface area contributed by atoms with Crippen LogP contribution < -0.4 is 10.3 Å². The molecule has 7 nitrogen and oxygen atoms in total. The molecule has 1 N–H and O–H groups in total. The number of aromatic nitrogens is 1. The first kappa shape index (κ1) is 20.7. The molecule has 4 rings (SSSR count). The van der Waals surface area contributed by atoms with Crippen LogP contribution in [0.25, 0.3) is 10.9 Å². The minimum absolute atomic E-state index is 0.0773. The Morgan fingerprint density at radius 2 is 2.00 bits per heavy atom. The van der Waals surface area contributed by atoms with E-state index in [-0.39, 0.29) is 29.2 Å². The molecule has 2 fully saturated rings. The number of anilines is 1. The van der Waals surface area contributed by atoms with E-state index in [0.717, 1.165) is 44.7 Å². The summed E-state index contributed by atoms with van der Waals surface area (Å²) < 4.78 is 37.7. The number of aryl methyl sites for hydroxylation is 1. The van der Waals surface area contributed by atoms with Crippen molar-refractivity contribution in [2.45, 2.75) is 32.4 Å². The summed E-state index contributed by atoms with van der Waals surface area (Å²) >= 11 is 0. The fourth-order valence-electron chi connectivity index (χ4n) is 4.45. The number of fused-ring (bicyclic) bond motifs is 1. The minimum Gasteiger partial charge on any atom is -0.477 e. The van der Waals surface area contributed by atoms with Crippen LogP contribution >= 0.6 is 0 Å². The molecule has 3 heterocycles. The number of hydrogen-bond donors (Lipinski definition) is 1. The Bertz CT molecular complexity index is 1030. The van der Waals surface area contributed by atoms with Crippen LogP contribution in [0.1, 0.15) is 30.1 Å². The van der Waals surface area contributed by atoms with Gasteiger partial charge in [0.1, 0.15) is 17.1 Å². The SMILES string of the molecule is CCn1cc(C(=O)O)c(=O)c2cc(F)c(N3CCOC(CN4CCCC4)C3)c(F)c21. The first-order chi connectivity index (χ1) is 14.4. The molecule has 162 valence electrons. The number of carboxylic acids is 1. The van der Waals surface area contributed by atoms with Crippen LogP contribution in [0.5, 0.6) is 0 Å². The quantitative estimate of drug-likeness (QED) is 0.799. The molecule has 1 aromatic heterocycles. The predicted molar refractivity (Wildman–Crippen MR) is 108 cm³/mol. The molecular formula is C21H25F2N3O4. The third kappa shape index (κ3) is 3.67. The lowest BCUT2D eigenvalue weighted by atomic mass is 10.1. The lowest BCUT2D eigenvalue weighted by Gasteiger charge is -2.36. The van der Waals surface area contributed by atoms with Crippen molar-refractivity contribution in [3.63, 3.8) is 0 Å². The Labute approximate surface area is 172 Å². The molecule has 0 spiro atoms. The van der Waals surface area contributed by atoms with Crippen LogP contribution in [0.3, 0.4) is 0 Å². The number of pyridine rings is 1. The van der Waals surface area contributed by atoms with Gasteiger partial charge in [0.15, 0.2) is 5.82 Å². The van der Waals surface area contributed by atoms with Crippen LogP contribution in [0, 0.1) is 11.6 Å². The highest BCUT2D eigenvalue weighted by molar-refractivity contribution is 5.93. The number of aromatic carboxylic acids is 1. The van der Waals surface area contributed by atoms with E-state index in [2.05, 4.69) is 4.90 Å². The van der Waals surface area contributed by atoms with Gasteiger partial charge in [0.25, 0.3) is 0 Å². The number of halogens is 2. The van der Waals surface area contributed by atoms with Gasteiger partial charge in [0, 0.05) is 32.4 Å². The number of carbonyl (C=O) groups is 1. The smallest absolute Gasteiger partial charge is 0.341 e. The maximum atomic E-state index is 15.6.